The van der Waals surface area contributed by atoms with Gasteiger partial charge in [0.15, 0.2) is 0 Å². The van der Waals surface area contributed by atoms with E-state index in [1.165, 1.54) is 11.3 Å². The van der Waals surface area contributed by atoms with Gasteiger partial charge in [-0.1, -0.05) is 19.4 Å². The van der Waals surface area contributed by atoms with Crippen molar-refractivity contribution in [3.8, 4) is 5.75 Å². The molecule has 0 bridgehead atoms. The molecule has 0 saturated carbocycles. The number of nitrogens with one attached hydrogen (secondary N) is 1. The SMILES string of the molecule is CCCCn1cnc2sc(C(=O)Nc3cccc(OC)c3)c(C)c2c1=O. The minimum absolute atomic E-state index is 0.0855. The van der Waals surface area contributed by atoms with Gasteiger partial charge in [-0.15, -0.1) is 11.3 Å². The molecule has 0 fully saturated rings. The molecule has 26 heavy (non-hydrogen) atoms. The first-order valence-corrected chi connectivity index (χ1v) is 9.30. The molecule has 0 aliphatic carbocycles. The van der Waals surface area contributed by atoms with Gasteiger partial charge in [0.1, 0.15) is 10.6 Å². The van der Waals surface area contributed by atoms with Crippen molar-refractivity contribution in [1.29, 1.82) is 0 Å². The van der Waals surface area contributed by atoms with Gasteiger partial charge in [-0.25, -0.2) is 4.98 Å². The Balaban J connectivity index is 1.94. The predicted molar refractivity (Wildman–Crippen MR) is 104 cm³/mol. The van der Waals surface area contributed by atoms with Crippen molar-refractivity contribution in [1.82, 2.24) is 9.55 Å². The number of aryl methyl sites for hydroxylation is 2. The number of anilines is 1. The van der Waals surface area contributed by atoms with Crippen molar-refractivity contribution >= 4 is 33.1 Å². The monoisotopic (exact) mass is 371 g/mol. The smallest absolute Gasteiger partial charge is 0.266 e. The van der Waals surface area contributed by atoms with Crippen molar-refractivity contribution < 1.29 is 9.53 Å². The fraction of sp³-hybridized carbons (Fsp3) is 0.316. The summed E-state index contributed by atoms with van der Waals surface area (Å²) in [6.07, 6.45) is 3.49. The van der Waals surface area contributed by atoms with Crippen molar-refractivity contribution in [2.45, 2.75) is 33.2 Å². The Bertz CT molecular complexity index is 1010. The number of rotatable bonds is 6. The van der Waals surface area contributed by atoms with Crippen LogP contribution in [0.4, 0.5) is 5.69 Å². The lowest BCUT2D eigenvalue weighted by molar-refractivity contribution is 0.103. The molecule has 0 spiro atoms. The number of fused-ring (bicyclic) bond motifs is 1. The van der Waals surface area contributed by atoms with E-state index in [1.54, 1.807) is 43.1 Å². The quantitative estimate of drug-likeness (QED) is 0.715. The Morgan fingerprint density at radius 1 is 1.38 bits per heavy atom. The molecule has 1 aromatic carbocycles. The average Bonchev–Trinajstić information content (AvgIpc) is 2.99. The number of carbonyl (C=O) groups is 1. The van der Waals surface area contributed by atoms with E-state index in [9.17, 15) is 9.59 Å². The molecule has 2 aromatic heterocycles. The van der Waals surface area contributed by atoms with Crippen molar-refractivity contribution in [2.24, 2.45) is 0 Å². The zero-order valence-electron chi connectivity index (χ0n) is 15.0. The highest BCUT2D eigenvalue weighted by Crippen LogP contribution is 2.28. The zero-order valence-corrected chi connectivity index (χ0v) is 15.9. The lowest BCUT2D eigenvalue weighted by Crippen LogP contribution is -2.20. The molecule has 3 aromatic rings. The maximum Gasteiger partial charge on any atom is 0.266 e. The molecule has 2 heterocycles. The van der Waals surface area contributed by atoms with E-state index < -0.39 is 0 Å². The van der Waals surface area contributed by atoms with Gasteiger partial charge in [-0.3, -0.25) is 14.2 Å². The summed E-state index contributed by atoms with van der Waals surface area (Å²) in [4.78, 5) is 30.9. The van der Waals surface area contributed by atoms with Crippen LogP contribution >= 0.6 is 11.3 Å². The van der Waals surface area contributed by atoms with Crippen LogP contribution in [0.2, 0.25) is 0 Å². The number of thiophene rings is 1. The summed E-state index contributed by atoms with van der Waals surface area (Å²) >= 11 is 1.24. The van der Waals surface area contributed by atoms with Crippen LogP contribution in [-0.2, 0) is 6.54 Å². The summed E-state index contributed by atoms with van der Waals surface area (Å²) in [5.41, 5.74) is 1.23. The number of methoxy groups -OCH3 is 1. The molecule has 136 valence electrons. The summed E-state index contributed by atoms with van der Waals surface area (Å²) in [5, 5.41) is 3.39. The number of amides is 1. The van der Waals surface area contributed by atoms with Gasteiger partial charge in [0.2, 0.25) is 0 Å². The Morgan fingerprint density at radius 2 is 2.19 bits per heavy atom. The lowest BCUT2D eigenvalue weighted by Gasteiger charge is -2.06. The molecule has 7 heteroatoms. The van der Waals surface area contributed by atoms with E-state index in [0.717, 1.165) is 12.8 Å². The zero-order chi connectivity index (χ0) is 18.7. The number of unbranched alkanes of at least 4 members (excludes halogenated alkanes) is 1. The number of ether oxygens (including phenoxy) is 1. The fourth-order valence-corrected chi connectivity index (χ4v) is 3.79. The second-order valence-electron chi connectivity index (χ2n) is 6.02. The molecule has 0 radical (unpaired) electrons. The van der Waals surface area contributed by atoms with Gasteiger partial charge in [-0.2, -0.15) is 0 Å². The van der Waals surface area contributed by atoms with Gasteiger partial charge in [0.25, 0.3) is 11.5 Å². The fourth-order valence-electron chi connectivity index (χ4n) is 2.75. The number of benzene rings is 1. The van der Waals surface area contributed by atoms with Gasteiger partial charge >= 0.3 is 0 Å². The van der Waals surface area contributed by atoms with Crippen LogP contribution in [0.15, 0.2) is 35.4 Å². The molecule has 0 aliphatic heterocycles. The third-order valence-corrected chi connectivity index (χ3v) is 5.40. The Labute approximate surface area is 155 Å². The summed E-state index contributed by atoms with van der Waals surface area (Å²) in [6, 6.07) is 7.15. The molecule has 0 aliphatic rings. The summed E-state index contributed by atoms with van der Waals surface area (Å²) in [5.74, 6) is 0.412. The molecular weight excluding hydrogens is 350 g/mol. The molecule has 0 atom stereocenters. The van der Waals surface area contributed by atoms with E-state index in [1.807, 2.05) is 6.07 Å². The van der Waals surface area contributed by atoms with Crippen molar-refractivity contribution in [2.75, 3.05) is 12.4 Å². The minimum Gasteiger partial charge on any atom is -0.497 e. The van der Waals surface area contributed by atoms with Crippen LogP contribution in [0.1, 0.15) is 35.0 Å². The van der Waals surface area contributed by atoms with Crippen LogP contribution in [0.5, 0.6) is 5.75 Å². The lowest BCUT2D eigenvalue weighted by atomic mass is 10.2. The van der Waals surface area contributed by atoms with Crippen LogP contribution < -0.4 is 15.6 Å². The van der Waals surface area contributed by atoms with E-state index in [-0.39, 0.29) is 11.5 Å². The largest absolute Gasteiger partial charge is 0.497 e. The first kappa shape index (κ1) is 18.1. The highest BCUT2D eigenvalue weighted by Gasteiger charge is 2.19. The maximum atomic E-state index is 12.7. The number of hydrogen-bond donors (Lipinski definition) is 1. The third-order valence-electron chi connectivity index (χ3n) is 4.20. The first-order valence-electron chi connectivity index (χ1n) is 8.49. The topological polar surface area (TPSA) is 73.2 Å². The third kappa shape index (κ3) is 3.48. The second-order valence-corrected chi connectivity index (χ2v) is 7.02. The molecule has 1 N–H and O–H groups in total. The minimum atomic E-state index is -0.252. The maximum absolute atomic E-state index is 12.7. The van der Waals surface area contributed by atoms with Crippen molar-refractivity contribution in [3.05, 3.63) is 51.4 Å². The normalized spacial score (nSPS) is 10.9. The molecule has 6 nitrogen and oxygen atoms in total. The highest BCUT2D eigenvalue weighted by molar-refractivity contribution is 7.20. The molecule has 0 saturated heterocycles. The van der Waals surface area contributed by atoms with E-state index in [2.05, 4.69) is 17.2 Å². The average molecular weight is 371 g/mol. The van der Waals surface area contributed by atoms with Crippen LogP contribution in [0.25, 0.3) is 10.2 Å². The van der Waals surface area contributed by atoms with Gasteiger partial charge in [-0.05, 0) is 31.0 Å². The van der Waals surface area contributed by atoms with E-state index >= 15 is 0 Å². The number of carbonyl (C=O) groups excluding carboxylic acids is 1. The number of nitrogens with zero attached hydrogens (tertiary/aromatic N) is 2. The molecule has 1 amide bonds. The van der Waals surface area contributed by atoms with Gasteiger partial charge < -0.3 is 10.1 Å². The predicted octanol–water partition coefficient (Wildman–Crippen LogP) is 3.83. The van der Waals surface area contributed by atoms with Gasteiger partial charge in [0, 0.05) is 18.3 Å². The highest BCUT2D eigenvalue weighted by atomic mass is 32.1. The Kier molecular flexibility index (Phi) is 5.37. The van der Waals surface area contributed by atoms with E-state index in [0.29, 0.717) is 38.6 Å². The molecular formula is C19H21N3O3S. The van der Waals surface area contributed by atoms with Crippen LogP contribution in [-0.4, -0.2) is 22.6 Å². The number of aromatic nitrogens is 2. The second kappa shape index (κ2) is 7.70. The Morgan fingerprint density at radius 3 is 2.92 bits per heavy atom. The summed E-state index contributed by atoms with van der Waals surface area (Å²) < 4.78 is 6.79. The van der Waals surface area contributed by atoms with Crippen LogP contribution in [0, 0.1) is 6.92 Å². The summed E-state index contributed by atoms with van der Waals surface area (Å²) in [6.45, 7) is 4.51. The van der Waals surface area contributed by atoms with Crippen molar-refractivity contribution in [3.63, 3.8) is 0 Å². The first-order chi connectivity index (χ1) is 12.5. The molecule has 0 unspecified atom stereocenters. The van der Waals surface area contributed by atoms with Gasteiger partial charge in [0.05, 0.1) is 23.7 Å². The number of hydrogen-bond acceptors (Lipinski definition) is 5. The standard InChI is InChI=1S/C19H21N3O3S/c1-4-5-9-22-11-20-18-15(19(22)24)12(2)16(26-18)17(23)21-13-7-6-8-14(10-13)25-3/h6-8,10-11H,4-5,9H2,1-3H3,(H,21,23). The van der Waals surface area contributed by atoms with Crippen LogP contribution in [0.3, 0.4) is 0 Å². The van der Waals surface area contributed by atoms with E-state index in [4.69, 9.17) is 4.74 Å². The molecule has 3 rings (SSSR count). The summed E-state index contributed by atoms with van der Waals surface area (Å²) in [7, 11) is 1.58. The Hall–Kier alpha value is -2.67.